The zero-order chi connectivity index (χ0) is 14.0. The highest BCUT2D eigenvalue weighted by Crippen LogP contribution is 2.31. The Hall–Kier alpha value is -2.43. The second kappa shape index (κ2) is 5.06. The molecule has 98 valence electrons. The first-order chi connectivity index (χ1) is 9.10. The molecule has 0 fully saturated rings. The van der Waals surface area contributed by atoms with Crippen molar-refractivity contribution in [2.45, 2.75) is 13.3 Å². The fourth-order valence-electron chi connectivity index (χ4n) is 2.20. The first-order valence-corrected chi connectivity index (χ1v) is 5.87. The van der Waals surface area contributed by atoms with Crippen LogP contribution >= 0.6 is 0 Å². The number of aryl methyl sites for hydroxylation is 1. The minimum Gasteiger partial charge on any atom is -0.465 e. The number of hydrogen-bond donors (Lipinski definition) is 0. The van der Waals surface area contributed by atoms with Crippen LogP contribution in [0.25, 0.3) is 10.8 Å². The molecule has 5 heteroatoms. The quantitative estimate of drug-likeness (QED) is 0.482. The van der Waals surface area contributed by atoms with Crippen LogP contribution in [0.4, 0.5) is 5.69 Å². The molecule has 0 saturated carbocycles. The van der Waals surface area contributed by atoms with Crippen LogP contribution in [0.2, 0.25) is 0 Å². The van der Waals surface area contributed by atoms with Crippen molar-refractivity contribution < 1.29 is 14.5 Å². The van der Waals surface area contributed by atoms with E-state index in [0.29, 0.717) is 22.8 Å². The number of carbonyl (C=O) groups excluding carboxylic acids is 1. The Bertz CT molecular complexity index is 664. The lowest BCUT2D eigenvalue weighted by molar-refractivity contribution is -0.383. The minimum absolute atomic E-state index is 0.00190. The van der Waals surface area contributed by atoms with Crippen LogP contribution in [0.5, 0.6) is 0 Å². The van der Waals surface area contributed by atoms with Crippen molar-refractivity contribution in [2.24, 2.45) is 0 Å². The number of fused-ring (bicyclic) bond motifs is 1. The van der Waals surface area contributed by atoms with Gasteiger partial charge in [-0.2, -0.15) is 0 Å². The van der Waals surface area contributed by atoms with E-state index in [-0.39, 0.29) is 5.69 Å². The van der Waals surface area contributed by atoms with Crippen LogP contribution in [0, 0.1) is 10.1 Å². The number of carbonyl (C=O) groups is 1. The van der Waals surface area contributed by atoms with Gasteiger partial charge in [0.1, 0.15) is 0 Å². The molecule has 0 aliphatic rings. The summed E-state index contributed by atoms with van der Waals surface area (Å²) < 4.78 is 4.74. The molecule has 0 unspecified atom stereocenters. The number of benzene rings is 2. The van der Waals surface area contributed by atoms with E-state index >= 15 is 0 Å². The summed E-state index contributed by atoms with van der Waals surface area (Å²) in [5.74, 6) is -0.485. The maximum absolute atomic E-state index is 11.8. The Morgan fingerprint density at radius 3 is 2.63 bits per heavy atom. The van der Waals surface area contributed by atoms with E-state index in [0.717, 1.165) is 5.56 Å². The van der Waals surface area contributed by atoms with Crippen molar-refractivity contribution in [1.29, 1.82) is 0 Å². The Balaban J connectivity index is 2.89. The van der Waals surface area contributed by atoms with Gasteiger partial charge in [0.25, 0.3) is 5.69 Å². The maximum Gasteiger partial charge on any atom is 0.338 e. The van der Waals surface area contributed by atoms with E-state index in [1.165, 1.54) is 13.2 Å². The van der Waals surface area contributed by atoms with E-state index < -0.39 is 10.9 Å². The van der Waals surface area contributed by atoms with E-state index in [2.05, 4.69) is 0 Å². The Kier molecular flexibility index (Phi) is 3.46. The molecule has 2 aromatic rings. The highest BCUT2D eigenvalue weighted by Gasteiger charge is 2.19. The summed E-state index contributed by atoms with van der Waals surface area (Å²) in [7, 11) is 1.30. The monoisotopic (exact) mass is 259 g/mol. The van der Waals surface area contributed by atoms with Gasteiger partial charge in [-0.3, -0.25) is 10.1 Å². The predicted molar refractivity (Wildman–Crippen MR) is 71.3 cm³/mol. The number of ether oxygens (including phenoxy) is 1. The minimum atomic E-state index is -0.485. The molecule has 0 spiro atoms. The number of rotatable bonds is 3. The predicted octanol–water partition coefficient (Wildman–Crippen LogP) is 3.10. The molecule has 5 nitrogen and oxygen atoms in total. The molecule has 0 aliphatic heterocycles. The Morgan fingerprint density at radius 2 is 2.05 bits per heavy atom. The molecular formula is C14H13NO4. The van der Waals surface area contributed by atoms with Crippen LogP contribution in [-0.4, -0.2) is 18.0 Å². The summed E-state index contributed by atoms with van der Waals surface area (Å²) in [6.45, 7) is 1.94. The third-order valence-electron chi connectivity index (χ3n) is 3.09. The molecule has 19 heavy (non-hydrogen) atoms. The van der Waals surface area contributed by atoms with E-state index in [1.807, 2.05) is 6.92 Å². The molecule has 0 amide bonds. The molecule has 0 saturated heterocycles. The van der Waals surface area contributed by atoms with Crippen LogP contribution in [0.1, 0.15) is 22.8 Å². The van der Waals surface area contributed by atoms with Gasteiger partial charge >= 0.3 is 5.97 Å². The highest BCUT2D eigenvalue weighted by molar-refractivity contribution is 6.08. The maximum atomic E-state index is 11.8. The van der Waals surface area contributed by atoms with Crippen molar-refractivity contribution in [3.63, 3.8) is 0 Å². The summed E-state index contributed by atoms with van der Waals surface area (Å²) in [6.07, 6.45) is 0.683. The number of hydrogen-bond acceptors (Lipinski definition) is 4. The summed E-state index contributed by atoms with van der Waals surface area (Å²) in [5.41, 5.74) is 1.25. The first kappa shape index (κ1) is 13.0. The largest absolute Gasteiger partial charge is 0.465 e. The normalized spacial score (nSPS) is 10.4. The fraction of sp³-hybridized carbons (Fsp3) is 0.214. The van der Waals surface area contributed by atoms with Crippen molar-refractivity contribution in [3.05, 3.63) is 51.6 Å². The van der Waals surface area contributed by atoms with E-state index in [1.54, 1.807) is 24.3 Å². The summed E-state index contributed by atoms with van der Waals surface area (Å²) >= 11 is 0. The number of esters is 1. The van der Waals surface area contributed by atoms with Gasteiger partial charge in [-0.25, -0.2) is 4.79 Å². The van der Waals surface area contributed by atoms with Gasteiger partial charge < -0.3 is 4.74 Å². The SMILES string of the molecule is CCc1ccc([N+](=O)[O-])c2cccc(C(=O)OC)c12. The van der Waals surface area contributed by atoms with Gasteiger partial charge in [-0.05, 0) is 24.1 Å². The molecule has 0 aliphatic carbocycles. The first-order valence-electron chi connectivity index (χ1n) is 5.87. The molecule has 0 heterocycles. The Labute approximate surface area is 110 Å². The average molecular weight is 259 g/mol. The van der Waals surface area contributed by atoms with E-state index in [9.17, 15) is 14.9 Å². The standard InChI is InChI=1S/C14H13NO4/c1-3-9-7-8-12(15(17)18)10-5-4-6-11(13(9)10)14(16)19-2/h4-8H,3H2,1-2H3. The van der Waals surface area contributed by atoms with Gasteiger partial charge in [0.05, 0.1) is 23.0 Å². The summed E-state index contributed by atoms with van der Waals surface area (Å²) in [4.78, 5) is 22.4. The number of non-ortho nitro benzene ring substituents is 1. The van der Waals surface area contributed by atoms with Crippen molar-refractivity contribution in [2.75, 3.05) is 7.11 Å². The summed E-state index contributed by atoms with van der Waals surface area (Å²) in [5, 5.41) is 12.1. The van der Waals surface area contributed by atoms with Gasteiger partial charge in [0.2, 0.25) is 0 Å². The Morgan fingerprint density at radius 1 is 1.32 bits per heavy atom. The zero-order valence-electron chi connectivity index (χ0n) is 10.7. The lowest BCUT2D eigenvalue weighted by Crippen LogP contribution is -2.04. The van der Waals surface area contributed by atoms with Crippen LogP contribution < -0.4 is 0 Å². The highest BCUT2D eigenvalue weighted by atomic mass is 16.6. The topological polar surface area (TPSA) is 69.4 Å². The third-order valence-corrected chi connectivity index (χ3v) is 3.09. The van der Waals surface area contributed by atoms with Crippen molar-refractivity contribution >= 4 is 22.4 Å². The summed E-state index contributed by atoms with van der Waals surface area (Å²) in [6, 6.07) is 8.06. The molecule has 0 bridgehead atoms. The van der Waals surface area contributed by atoms with Gasteiger partial charge in [0, 0.05) is 11.5 Å². The molecule has 0 radical (unpaired) electrons. The van der Waals surface area contributed by atoms with Gasteiger partial charge in [-0.15, -0.1) is 0 Å². The van der Waals surface area contributed by atoms with Gasteiger partial charge in [0.15, 0.2) is 0 Å². The van der Waals surface area contributed by atoms with Crippen molar-refractivity contribution in [3.8, 4) is 0 Å². The number of nitrogens with zero attached hydrogens (tertiary/aromatic N) is 1. The van der Waals surface area contributed by atoms with E-state index in [4.69, 9.17) is 4.74 Å². The van der Waals surface area contributed by atoms with Crippen LogP contribution in [0.15, 0.2) is 30.3 Å². The van der Waals surface area contributed by atoms with Crippen molar-refractivity contribution in [1.82, 2.24) is 0 Å². The fourth-order valence-corrected chi connectivity index (χ4v) is 2.20. The molecular weight excluding hydrogens is 246 g/mol. The second-order valence-electron chi connectivity index (χ2n) is 4.07. The number of methoxy groups -OCH3 is 1. The molecule has 0 N–H and O–H groups in total. The molecule has 0 aromatic heterocycles. The smallest absolute Gasteiger partial charge is 0.338 e. The van der Waals surface area contributed by atoms with Crippen LogP contribution in [0.3, 0.4) is 0 Å². The van der Waals surface area contributed by atoms with Gasteiger partial charge in [-0.1, -0.05) is 19.1 Å². The molecule has 0 atom stereocenters. The molecule has 2 rings (SSSR count). The average Bonchev–Trinajstić information content (AvgIpc) is 2.44. The number of nitro benzene ring substituents is 1. The zero-order valence-corrected chi connectivity index (χ0v) is 10.7. The third kappa shape index (κ3) is 2.14. The van der Waals surface area contributed by atoms with Crippen LogP contribution in [-0.2, 0) is 11.2 Å². The lowest BCUT2D eigenvalue weighted by Gasteiger charge is -2.09. The second-order valence-corrected chi connectivity index (χ2v) is 4.07. The lowest BCUT2D eigenvalue weighted by atomic mass is 9.96. The number of nitro groups is 1. The molecule has 2 aromatic carbocycles.